The monoisotopic (exact) mass is 926 g/mol. The summed E-state index contributed by atoms with van der Waals surface area (Å²) in [5, 5.41) is 118. The van der Waals surface area contributed by atoms with E-state index >= 15 is 0 Å². The van der Waals surface area contributed by atoms with Gasteiger partial charge in [-0.3, -0.25) is 9.59 Å². The Kier molecular flexibility index (Phi) is 23.8. The number of allylic oxidation sites excluding steroid dienone is 10. The molecule has 19 atom stereocenters. The van der Waals surface area contributed by atoms with Gasteiger partial charge in [-0.25, -0.2) is 0 Å². The number of rotatable bonds is 3. The van der Waals surface area contributed by atoms with Gasteiger partial charge >= 0.3 is 11.9 Å². The quantitative estimate of drug-likeness (QED) is 0.175. The molecule has 370 valence electrons. The molecule has 0 unspecified atom stereocenters. The summed E-state index contributed by atoms with van der Waals surface area (Å²) in [5.74, 6) is -6.77. The van der Waals surface area contributed by atoms with E-state index in [1.165, 1.54) is 13.0 Å². The number of carboxylic acids is 1. The normalized spacial score (nSPS) is 45.2. The maximum atomic E-state index is 12.6. The van der Waals surface area contributed by atoms with Crippen molar-refractivity contribution < 1.29 is 84.7 Å². The topological polar surface area (TPSA) is 320 Å². The number of aliphatic hydroxyl groups is 10. The van der Waals surface area contributed by atoms with Gasteiger partial charge in [0.1, 0.15) is 18.1 Å². The molecule has 3 aliphatic heterocycles. The largest absolute Gasteiger partial charge is 0.481 e. The van der Waals surface area contributed by atoms with Crippen molar-refractivity contribution in [3.05, 3.63) is 72.9 Å². The summed E-state index contributed by atoms with van der Waals surface area (Å²) in [6.45, 7) is 6.78. The first-order chi connectivity index (χ1) is 30.6. The Morgan fingerprint density at radius 2 is 1.31 bits per heavy atom. The molecule has 0 spiro atoms. The number of ether oxygens (including phenoxy) is 4. The van der Waals surface area contributed by atoms with Crippen LogP contribution >= 0.6 is 0 Å². The van der Waals surface area contributed by atoms with Crippen LogP contribution in [0.15, 0.2) is 72.9 Å². The summed E-state index contributed by atoms with van der Waals surface area (Å²) in [4.78, 5) is 25.1. The van der Waals surface area contributed by atoms with E-state index in [0.717, 1.165) is 12.8 Å². The highest BCUT2D eigenvalue weighted by atomic mass is 16.7. The molecule has 0 aromatic rings. The molecular weight excluding hydrogens is 851 g/mol. The first kappa shape index (κ1) is 56.1. The van der Waals surface area contributed by atoms with Crippen molar-refractivity contribution in [2.24, 2.45) is 23.5 Å². The standard InChI is InChI=1S/C47H75NO17/c1-27-17-15-13-11-9-7-5-6-8-10-12-14-16-18-34(64-46-44(58)41(48)43(57)30(4)63-46)24-38-40(45(59)60)37(54)26-47(61,65-38)25-33(51)22-36(53)35(52)20-19-31(49)21-32(50)23-39(55)62-29(3)28(2)42(27)56/h5-6,8,10-18,27-38,40-44,46,49-54,56-58,61H,7,9,19-26,48H2,1-4H3,(H,59,60)/b6-5+,10-8+,13-11+,14-12+,17-15+,18-16+/t27-,28-,29-,30-,31+,32+,33-,34-,35+,36+,37-,38-,40+,41-,42+,43+,44-,46-,47+/m0/s1. The fourth-order valence-electron chi connectivity index (χ4n) is 8.13. The first-order valence-corrected chi connectivity index (χ1v) is 22.6. The highest BCUT2D eigenvalue weighted by Crippen LogP contribution is 2.38. The van der Waals surface area contributed by atoms with Crippen LogP contribution in [0.2, 0.25) is 0 Å². The third-order valence-electron chi connectivity index (χ3n) is 12.2. The van der Waals surface area contributed by atoms with Crippen molar-refractivity contribution in [3.63, 3.8) is 0 Å². The molecular formula is C47H75NO17. The van der Waals surface area contributed by atoms with Crippen molar-refractivity contribution in [1.29, 1.82) is 0 Å². The lowest BCUT2D eigenvalue weighted by Gasteiger charge is -2.45. The average Bonchev–Trinajstić information content (AvgIpc) is 3.21. The van der Waals surface area contributed by atoms with Crippen LogP contribution in [0.5, 0.6) is 0 Å². The lowest BCUT2D eigenvalue weighted by molar-refractivity contribution is -0.308. The van der Waals surface area contributed by atoms with E-state index in [2.05, 4.69) is 0 Å². The molecule has 3 rings (SSSR count). The molecule has 0 radical (unpaired) electrons. The molecule has 3 heterocycles. The number of fused-ring (bicyclic) bond motifs is 2. The smallest absolute Gasteiger partial charge is 0.311 e. The van der Waals surface area contributed by atoms with Crippen molar-refractivity contribution >= 4 is 11.9 Å². The highest BCUT2D eigenvalue weighted by Gasteiger charge is 2.51. The van der Waals surface area contributed by atoms with Crippen LogP contribution in [0.25, 0.3) is 0 Å². The summed E-state index contributed by atoms with van der Waals surface area (Å²) in [6, 6.07) is -1.14. The van der Waals surface area contributed by atoms with Gasteiger partial charge in [-0.1, -0.05) is 86.8 Å². The number of carbonyl (C=O) groups is 2. The maximum Gasteiger partial charge on any atom is 0.311 e. The highest BCUT2D eigenvalue weighted by molar-refractivity contribution is 5.71. The van der Waals surface area contributed by atoms with Crippen molar-refractivity contribution in [1.82, 2.24) is 0 Å². The number of nitrogens with two attached hydrogens (primary N) is 1. The SMILES string of the molecule is C[C@@H]1[C@H](O)[C@@H](C)/C=C/C=C/CC/C=C/C=C/C=C/C=C/[C@H](O[C@@H]2O[C@@H](C)[C@@H](O)[C@H](N)[C@@H]2O)C[C@@H]2O[C@](O)(C[C@@H](O)C[C@@H](O)[C@H](O)CC[C@@H](O)C[C@@H](O)CC(=O)O[C@H]1C)C[C@H](O)[C@H]2C(=O)O. The number of carboxylic acid groups (broad SMARTS) is 1. The zero-order valence-corrected chi connectivity index (χ0v) is 37.8. The van der Waals surface area contributed by atoms with Gasteiger partial charge in [-0.15, -0.1) is 0 Å². The number of aliphatic hydroxyl groups excluding tert-OH is 9. The lowest BCUT2D eigenvalue weighted by atomic mass is 9.82. The van der Waals surface area contributed by atoms with Crippen LogP contribution in [0.1, 0.15) is 91.9 Å². The molecule has 18 nitrogen and oxygen atoms in total. The van der Waals surface area contributed by atoms with Crippen LogP contribution in [-0.4, -0.2) is 166 Å². The molecule has 2 fully saturated rings. The van der Waals surface area contributed by atoms with Gasteiger partial charge < -0.3 is 80.9 Å². The fraction of sp³-hybridized carbons (Fsp3) is 0.702. The van der Waals surface area contributed by atoms with E-state index < -0.39 is 147 Å². The van der Waals surface area contributed by atoms with E-state index in [1.54, 1.807) is 38.2 Å². The Morgan fingerprint density at radius 3 is 1.97 bits per heavy atom. The van der Waals surface area contributed by atoms with E-state index in [-0.39, 0.29) is 31.6 Å². The molecule has 0 aliphatic carbocycles. The van der Waals surface area contributed by atoms with Gasteiger partial charge in [0.25, 0.3) is 0 Å². The molecule has 0 saturated carbocycles. The number of hydrogen-bond donors (Lipinski definition) is 12. The summed E-state index contributed by atoms with van der Waals surface area (Å²) >= 11 is 0. The number of esters is 1. The molecule has 0 amide bonds. The van der Waals surface area contributed by atoms with Crippen LogP contribution < -0.4 is 5.73 Å². The van der Waals surface area contributed by atoms with Gasteiger partial charge in [0.2, 0.25) is 0 Å². The molecule has 13 N–H and O–H groups in total. The van der Waals surface area contributed by atoms with Gasteiger partial charge in [-0.05, 0) is 46.0 Å². The minimum Gasteiger partial charge on any atom is -0.481 e. The van der Waals surface area contributed by atoms with Gasteiger partial charge in [0.05, 0.1) is 79.6 Å². The first-order valence-electron chi connectivity index (χ1n) is 22.6. The Morgan fingerprint density at radius 1 is 0.692 bits per heavy atom. The maximum absolute atomic E-state index is 12.6. The summed E-state index contributed by atoms with van der Waals surface area (Å²) in [6.07, 6.45) is 2.26. The predicted octanol–water partition coefficient (Wildman–Crippen LogP) is 0.936. The minimum atomic E-state index is -2.32. The summed E-state index contributed by atoms with van der Waals surface area (Å²) in [5.41, 5.74) is 6.02. The van der Waals surface area contributed by atoms with Crippen LogP contribution in [0.4, 0.5) is 0 Å². The van der Waals surface area contributed by atoms with Crippen molar-refractivity contribution in [3.8, 4) is 0 Å². The Labute approximate surface area is 381 Å². The zero-order chi connectivity index (χ0) is 48.4. The second kappa shape index (κ2) is 27.6. The van der Waals surface area contributed by atoms with E-state index in [9.17, 15) is 65.8 Å². The second-order valence-corrected chi connectivity index (χ2v) is 17.8. The second-order valence-electron chi connectivity index (χ2n) is 17.8. The molecule has 2 bridgehead atoms. The molecule has 65 heavy (non-hydrogen) atoms. The third-order valence-corrected chi connectivity index (χ3v) is 12.2. The average molecular weight is 926 g/mol. The molecule has 0 aromatic carbocycles. The van der Waals surface area contributed by atoms with Gasteiger partial charge in [0.15, 0.2) is 12.1 Å². The number of carbonyl (C=O) groups excluding carboxylic acids is 1. The van der Waals surface area contributed by atoms with Gasteiger partial charge in [0, 0.05) is 37.5 Å². The van der Waals surface area contributed by atoms with Gasteiger partial charge in [-0.2, -0.15) is 0 Å². The minimum absolute atomic E-state index is 0.103. The molecule has 0 aromatic heterocycles. The van der Waals surface area contributed by atoms with Crippen molar-refractivity contribution in [2.45, 2.75) is 189 Å². The van der Waals surface area contributed by atoms with E-state index in [1.807, 2.05) is 49.5 Å². The Balaban J connectivity index is 1.84. The summed E-state index contributed by atoms with van der Waals surface area (Å²) in [7, 11) is 0. The van der Waals surface area contributed by atoms with Crippen LogP contribution in [0, 0.1) is 17.8 Å². The van der Waals surface area contributed by atoms with E-state index in [0.29, 0.717) is 0 Å². The van der Waals surface area contributed by atoms with Crippen LogP contribution in [0.3, 0.4) is 0 Å². The predicted molar refractivity (Wildman–Crippen MR) is 237 cm³/mol. The molecule has 3 aliphatic rings. The summed E-state index contributed by atoms with van der Waals surface area (Å²) < 4.78 is 23.2. The lowest BCUT2D eigenvalue weighted by Crippen LogP contribution is -2.61. The fourth-order valence-corrected chi connectivity index (χ4v) is 8.13. The third kappa shape index (κ3) is 18.8. The molecule has 18 heteroatoms. The number of cyclic esters (lactones) is 1. The van der Waals surface area contributed by atoms with Crippen molar-refractivity contribution in [2.75, 3.05) is 0 Å². The molecule has 2 saturated heterocycles. The zero-order valence-electron chi connectivity index (χ0n) is 37.8. The van der Waals surface area contributed by atoms with Crippen LogP contribution in [-0.2, 0) is 28.5 Å². The number of hydrogen-bond acceptors (Lipinski definition) is 17. The van der Waals surface area contributed by atoms with E-state index in [4.69, 9.17) is 24.7 Å². The Bertz CT molecular complexity index is 1620. The Hall–Kier alpha value is -3.18. The number of aliphatic carboxylic acids is 1.